The zero-order valence-corrected chi connectivity index (χ0v) is 17.8. The van der Waals surface area contributed by atoms with E-state index < -0.39 is 0 Å². The van der Waals surface area contributed by atoms with Crippen LogP contribution in [0.2, 0.25) is 10.0 Å². The molecule has 3 aromatic carbocycles. The lowest BCUT2D eigenvalue weighted by Crippen LogP contribution is -2.29. The van der Waals surface area contributed by atoms with Crippen molar-refractivity contribution in [2.45, 2.75) is 0 Å². The molecule has 0 aliphatic carbocycles. The highest BCUT2D eigenvalue weighted by atomic mass is 35.5. The Morgan fingerprint density at radius 2 is 0.900 bits per heavy atom. The van der Waals surface area contributed by atoms with Crippen molar-refractivity contribution in [2.75, 3.05) is 36.0 Å². The summed E-state index contributed by atoms with van der Waals surface area (Å²) in [4.78, 5) is 14.0. The number of nitrogens with zero attached hydrogens (tertiary/aromatic N) is 4. The molecule has 30 heavy (non-hydrogen) atoms. The van der Waals surface area contributed by atoms with Crippen LogP contribution in [0.1, 0.15) is 11.1 Å². The minimum atomic E-state index is 0.739. The van der Waals surface area contributed by atoms with Crippen molar-refractivity contribution >= 4 is 46.2 Å². The number of rotatable bonds is 4. The molecule has 0 spiro atoms. The van der Waals surface area contributed by atoms with Crippen LogP contribution in [-0.2, 0) is 0 Å². The van der Waals surface area contributed by atoms with E-state index in [0.29, 0.717) is 0 Å². The molecule has 0 aromatic heterocycles. The Morgan fingerprint density at radius 1 is 0.533 bits per heavy atom. The first-order valence-electron chi connectivity index (χ1n) is 9.95. The number of aliphatic imine (C=N–C) groups is 2. The van der Waals surface area contributed by atoms with Gasteiger partial charge in [-0.05, 0) is 48.5 Å². The van der Waals surface area contributed by atoms with E-state index in [-0.39, 0.29) is 0 Å². The van der Waals surface area contributed by atoms with Gasteiger partial charge in [0.05, 0.1) is 13.1 Å². The summed E-state index contributed by atoms with van der Waals surface area (Å²) in [5, 5.41) is 1.48. The molecule has 0 bridgehead atoms. The molecule has 0 N–H and O–H groups in total. The first-order valence-corrected chi connectivity index (χ1v) is 10.7. The van der Waals surface area contributed by atoms with E-state index in [2.05, 4.69) is 34.1 Å². The van der Waals surface area contributed by atoms with Gasteiger partial charge in [0.1, 0.15) is 11.7 Å². The van der Waals surface area contributed by atoms with Gasteiger partial charge in [-0.15, -0.1) is 0 Å². The van der Waals surface area contributed by atoms with Crippen LogP contribution in [0.4, 0.5) is 11.4 Å². The van der Waals surface area contributed by atoms with E-state index >= 15 is 0 Å². The third-order valence-corrected chi connectivity index (χ3v) is 5.86. The van der Waals surface area contributed by atoms with E-state index in [0.717, 1.165) is 70.4 Å². The fourth-order valence-corrected chi connectivity index (χ4v) is 4.15. The maximum atomic E-state index is 6.04. The molecule has 3 aromatic rings. The van der Waals surface area contributed by atoms with E-state index in [1.807, 2.05) is 48.5 Å². The van der Waals surface area contributed by atoms with Crippen LogP contribution in [0.15, 0.2) is 82.8 Å². The first-order chi connectivity index (χ1) is 14.7. The summed E-state index contributed by atoms with van der Waals surface area (Å²) < 4.78 is 0. The van der Waals surface area contributed by atoms with Gasteiger partial charge in [0.2, 0.25) is 0 Å². The molecule has 0 amide bonds. The summed E-state index contributed by atoms with van der Waals surface area (Å²) in [6.45, 7) is 3.32. The normalized spacial score (nSPS) is 16.1. The molecule has 2 aliphatic rings. The maximum Gasteiger partial charge on any atom is 0.135 e. The number of benzene rings is 3. The highest BCUT2D eigenvalue weighted by Gasteiger charge is 2.23. The summed E-state index contributed by atoms with van der Waals surface area (Å²) in [7, 11) is 0. The van der Waals surface area contributed by atoms with Gasteiger partial charge in [-0.1, -0.05) is 47.5 Å². The molecule has 0 fully saturated rings. The molecule has 5 rings (SSSR count). The average molecular weight is 435 g/mol. The molecule has 0 saturated carbocycles. The van der Waals surface area contributed by atoms with E-state index in [9.17, 15) is 0 Å². The highest BCUT2D eigenvalue weighted by Crippen LogP contribution is 2.25. The van der Waals surface area contributed by atoms with Crippen molar-refractivity contribution in [1.82, 2.24) is 0 Å². The van der Waals surface area contributed by atoms with Crippen molar-refractivity contribution in [3.05, 3.63) is 94.0 Å². The van der Waals surface area contributed by atoms with Gasteiger partial charge in [-0.25, -0.2) is 0 Å². The summed E-state index contributed by atoms with van der Waals surface area (Å²) in [6, 6.07) is 24.3. The standard InChI is InChI=1S/C24H20Cl2N4/c25-19-5-9-21(10-6-19)29-15-13-27-23(29)17-1-2-18(4-3-17)24-28-14-16-30(24)22-11-7-20(26)8-12-22/h1-12H,13-16H2. The predicted octanol–water partition coefficient (Wildman–Crippen LogP) is 5.53. The average Bonchev–Trinajstić information content (AvgIpc) is 3.45. The minimum absolute atomic E-state index is 0.739. The molecule has 0 atom stereocenters. The van der Waals surface area contributed by atoms with Gasteiger partial charge in [0, 0.05) is 45.6 Å². The Morgan fingerprint density at radius 3 is 1.27 bits per heavy atom. The lowest BCUT2D eigenvalue weighted by molar-refractivity contribution is 1.02. The number of halogens is 2. The molecule has 150 valence electrons. The van der Waals surface area contributed by atoms with E-state index in [1.165, 1.54) is 0 Å². The van der Waals surface area contributed by atoms with Gasteiger partial charge in [-0.3, -0.25) is 9.98 Å². The van der Waals surface area contributed by atoms with Crippen molar-refractivity contribution in [1.29, 1.82) is 0 Å². The topological polar surface area (TPSA) is 31.2 Å². The summed E-state index contributed by atoms with van der Waals surface area (Å²) in [6.07, 6.45) is 0. The van der Waals surface area contributed by atoms with Crippen LogP contribution >= 0.6 is 23.2 Å². The fourth-order valence-electron chi connectivity index (χ4n) is 3.90. The predicted molar refractivity (Wildman–Crippen MR) is 127 cm³/mol. The Bertz CT molecular complexity index is 1010. The smallest absolute Gasteiger partial charge is 0.135 e. The molecule has 4 nitrogen and oxygen atoms in total. The third kappa shape index (κ3) is 3.69. The Balaban J connectivity index is 1.39. The van der Waals surface area contributed by atoms with Crippen LogP contribution in [-0.4, -0.2) is 37.9 Å². The number of anilines is 2. The van der Waals surface area contributed by atoms with Crippen molar-refractivity contribution in [2.24, 2.45) is 9.98 Å². The molecular formula is C24H20Cl2N4. The van der Waals surface area contributed by atoms with Crippen molar-refractivity contribution in [3.63, 3.8) is 0 Å². The highest BCUT2D eigenvalue weighted by molar-refractivity contribution is 6.31. The summed E-state index contributed by atoms with van der Waals surface area (Å²) in [5.41, 5.74) is 4.41. The minimum Gasteiger partial charge on any atom is -0.324 e. The molecule has 6 heteroatoms. The van der Waals surface area contributed by atoms with Gasteiger partial charge >= 0.3 is 0 Å². The van der Waals surface area contributed by atoms with Gasteiger partial charge in [0.25, 0.3) is 0 Å². The molecule has 0 radical (unpaired) electrons. The van der Waals surface area contributed by atoms with Gasteiger partial charge in [0.15, 0.2) is 0 Å². The lowest BCUT2D eigenvalue weighted by atomic mass is 10.1. The van der Waals surface area contributed by atoms with E-state index in [1.54, 1.807) is 0 Å². The number of hydrogen-bond acceptors (Lipinski definition) is 4. The Hall–Kier alpha value is -2.82. The molecule has 2 heterocycles. The van der Waals surface area contributed by atoms with Crippen LogP contribution in [0.5, 0.6) is 0 Å². The Kier molecular flexibility index (Phi) is 5.19. The molecule has 0 saturated heterocycles. The summed E-state index contributed by atoms with van der Waals surface area (Å²) >= 11 is 12.1. The zero-order chi connectivity index (χ0) is 20.5. The first kappa shape index (κ1) is 19.2. The van der Waals surface area contributed by atoms with Crippen molar-refractivity contribution in [3.8, 4) is 0 Å². The van der Waals surface area contributed by atoms with Crippen LogP contribution in [0.25, 0.3) is 0 Å². The van der Waals surface area contributed by atoms with Crippen LogP contribution in [0.3, 0.4) is 0 Å². The number of hydrogen-bond donors (Lipinski definition) is 0. The molecule has 2 aliphatic heterocycles. The zero-order valence-electron chi connectivity index (χ0n) is 16.3. The second-order valence-electron chi connectivity index (χ2n) is 7.24. The maximum absolute atomic E-state index is 6.04. The van der Waals surface area contributed by atoms with E-state index in [4.69, 9.17) is 33.2 Å². The summed E-state index contributed by atoms with van der Waals surface area (Å²) in [5.74, 6) is 1.98. The van der Waals surface area contributed by atoms with Crippen LogP contribution in [0, 0.1) is 0 Å². The SMILES string of the molecule is Clc1ccc(N2CCN=C2c2ccc(C3=NCCN3c3ccc(Cl)cc3)cc2)cc1. The second kappa shape index (κ2) is 8.13. The molecular weight excluding hydrogens is 415 g/mol. The largest absolute Gasteiger partial charge is 0.324 e. The number of amidine groups is 2. The third-order valence-electron chi connectivity index (χ3n) is 5.36. The van der Waals surface area contributed by atoms with Gasteiger partial charge < -0.3 is 9.80 Å². The van der Waals surface area contributed by atoms with Crippen LogP contribution < -0.4 is 9.80 Å². The molecule has 0 unspecified atom stereocenters. The Labute approximate surface area is 186 Å². The monoisotopic (exact) mass is 434 g/mol. The quantitative estimate of drug-likeness (QED) is 0.540. The lowest BCUT2D eigenvalue weighted by Gasteiger charge is -2.22. The fraction of sp³-hybridized carbons (Fsp3) is 0.167. The van der Waals surface area contributed by atoms with Crippen molar-refractivity contribution < 1.29 is 0 Å². The van der Waals surface area contributed by atoms with Gasteiger partial charge in [-0.2, -0.15) is 0 Å². The second-order valence-corrected chi connectivity index (χ2v) is 8.12.